The van der Waals surface area contributed by atoms with Gasteiger partial charge in [-0.3, -0.25) is 4.79 Å². The molecule has 0 unspecified atom stereocenters. The zero-order valence-electron chi connectivity index (χ0n) is 16.9. The number of nitrogens with zero attached hydrogens (tertiary/aromatic N) is 1. The van der Waals surface area contributed by atoms with Crippen molar-refractivity contribution in [3.63, 3.8) is 0 Å². The van der Waals surface area contributed by atoms with Gasteiger partial charge in [0, 0.05) is 11.1 Å². The number of carbonyl (C=O) groups excluding carboxylic acids is 1. The van der Waals surface area contributed by atoms with E-state index in [2.05, 4.69) is 61.6 Å². The summed E-state index contributed by atoms with van der Waals surface area (Å²) in [5, 5.41) is 8.78. The maximum Gasteiger partial charge on any atom is 0.271 e. The summed E-state index contributed by atoms with van der Waals surface area (Å²) in [6, 6.07) is 26.3. The summed E-state index contributed by atoms with van der Waals surface area (Å²) < 4.78 is 0. The van der Waals surface area contributed by atoms with Crippen LogP contribution in [0.25, 0.3) is 21.5 Å². The molecule has 0 bridgehead atoms. The van der Waals surface area contributed by atoms with E-state index in [1.54, 1.807) is 6.21 Å². The van der Waals surface area contributed by atoms with Crippen LogP contribution in [0.4, 0.5) is 0 Å². The number of hydrogen-bond donors (Lipinski definition) is 1. The minimum absolute atomic E-state index is 0.0581. The first-order valence-corrected chi connectivity index (χ1v) is 9.78. The molecule has 1 amide bonds. The van der Waals surface area contributed by atoms with Gasteiger partial charge in [-0.2, -0.15) is 5.10 Å². The van der Waals surface area contributed by atoms with Crippen LogP contribution in [0.15, 0.2) is 84.0 Å². The van der Waals surface area contributed by atoms with Gasteiger partial charge in [-0.25, -0.2) is 5.43 Å². The number of fused-ring (bicyclic) bond motifs is 2. The van der Waals surface area contributed by atoms with Crippen molar-refractivity contribution in [2.75, 3.05) is 0 Å². The molecule has 3 nitrogen and oxygen atoms in total. The van der Waals surface area contributed by atoms with Gasteiger partial charge in [-0.05, 0) is 50.7 Å². The molecule has 0 radical (unpaired) electrons. The highest BCUT2D eigenvalue weighted by Crippen LogP contribution is 2.27. The average molecular weight is 380 g/mol. The molecule has 0 heterocycles. The van der Waals surface area contributed by atoms with Crippen molar-refractivity contribution in [2.45, 2.75) is 26.2 Å². The summed E-state index contributed by atoms with van der Waals surface area (Å²) in [7, 11) is 0. The molecule has 0 saturated carbocycles. The Hall–Kier alpha value is -3.46. The zero-order chi connectivity index (χ0) is 20.4. The minimum Gasteiger partial charge on any atom is -0.267 e. The van der Waals surface area contributed by atoms with Crippen molar-refractivity contribution < 1.29 is 4.79 Å². The van der Waals surface area contributed by atoms with Crippen molar-refractivity contribution in [1.29, 1.82) is 0 Å². The Morgan fingerprint density at radius 3 is 1.93 bits per heavy atom. The zero-order valence-corrected chi connectivity index (χ0v) is 16.9. The van der Waals surface area contributed by atoms with E-state index in [-0.39, 0.29) is 11.3 Å². The van der Waals surface area contributed by atoms with Crippen molar-refractivity contribution in [3.05, 3.63) is 95.6 Å². The van der Waals surface area contributed by atoms with Gasteiger partial charge in [-0.15, -0.1) is 0 Å². The maximum atomic E-state index is 12.5. The molecular weight excluding hydrogens is 356 g/mol. The van der Waals surface area contributed by atoms with Crippen LogP contribution >= 0.6 is 0 Å². The number of hydrogen-bond acceptors (Lipinski definition) is 2. The molecule has 144 valence electrons. The molecule has 0 saturated heterocycles. The lowest BCUT2D eigenvalue weighted by Crippen LogP contribution is -2.18. The molecule has 1 N–H and O–H groups in total. The lowest BCUT2D eigenvalue weighted by Gasteiger charge is -2.18. The first-order chi connectivity index (χ1) is 13.9. The number of nitrogens with one attached hydrogen (secondary N) is 1. The van der Waals surface area contributed by atoms with E-state index in [9.17, 15) is 4.79 Å². The summed E-state index contributed by atoms with van der Waals surface area (Å²) in [5.74, 6) is -0.216. The summed E-state index contributed by atoms with van der Waals surface area (Å²) in [6.45, 7) is 6.46. The van der Waals surface area contributed by atoms with Gasteiger partial charge in [0.15, 0.2) is 0 Å². The molecule has 0 aliphatic carbocycles. The first-order valence-electron chi connectivity index (χ1n) is 9.78. The molecule has 0 fully saturated rings. The minimum atomic E-state index is -0.216. The van der Waals surface area contributed by atoms with E-state index in [0.717, 1.165) is 27.1 Å². The van der Waals surface area contributed by atoms with Crippen LogP contribution in [0, 0.1) is 0 Å². The largest absolute Gasteiger partial charge is 0.271 e. The third kappa shape index (κ3) is 3.90. The highest BCUT2D eigenvalue weighted by Gasteiger charge is 2.14. The second kappa shape index (κ2) is 7.51. The van der Waals surface area contributed by atoms with Gasteiger partial charge in [-0.1, -0.05) is 81.4 Å². The Labute approximate surface area is 171 Å². The average Bonchev–Trinajstić information content (AvgIpc) is 2.72. The van der Waals surface area contributed by atoms with E-state index in [4.69, 9.17) is 0 Å². The van der Waals surface area contributed by atoms with Crippen molar-refractivity contribution >= 4 is 33.7 Å². The van der Waals surface area contributed by atoms with Crippen LogP contribution in [0.5, 0.6) is 0 Å². The molecule has 29 heavy (non-hydrogen) atoms. The van der Waals surface area contributed by atoms with Crippen LogP contribution in [0.2, 0.25) is 0 Å². The fraction of sp³-hybridized carbons (Fsp3) is 0.154. The maximum absolute atomic E-state index is 12.5. The molecule has 0 spiro atoms. The van der Waals surface area contributed by atoms with Crippen LogP contribution in [0.3, 0.4) is 0 Å². The predicted octanol–water partition coefficient (Wildman–Crippen LogP) is 6.05. The SMILES string of the molecule is CC(C)(C)c1ccc(C(=O)N/N=C/c2c3ccccc3cc3ccccc23)cc1. The third-order valence-corrected chi connectivity index (χ3v) is 5.19. The Balaban J connectivity index is 1.62. The van der Waals surface area contributed by atoms with E-state index in [1.165, 1.54) is 5.56 Å². The number of rotatable bonds is 3. The summed E-state index contributed by atoms with van der Waals surface area (Å²) in [4.78, 5) is 12.5. The molecule has 0 aliphatic heterocycles. The number of hydrazone groups is 1. The number of benzene rings is 4. The fourth-order valence-electron chi connectivity index (χ4n) is 3.53. The van der Waals surface area contributed by atoms with Gasteiger partial charge >= 0.3 is 0 Å². The van der Waals surface area contributed by atoms with E-state index < -0.39 is 0 Å². The molecule has 4 aromatic rings. The van der Waals surface area contributed by atoms with Crippen molar-refractivity contribution in [1.82, 2.24) is 5.43 Å². The normalized spacial score (nSPS) is 12.0. The smallest absolute Gasteiger partial charge is 0.267 e. The lowest BCUT2D eigenvalue weighted by atomic mass is 9.87. The highest BCUT2D eigenvalue weighted by molar-refractivity contribution is 6.13. The Morgan fingerprint density at radius 2 is 1.38 bits per heavy atom. The third-order valence-electron chi connectivity index (χ3n) is 5.19. The van der Waals surface area contributed by atoms with Gasteiger partial charge in [0.1, 0.15) is 0 Å². The Bertz CT molecular complexity index is 1160. The summed E-state index contributed by atoms with van der Waals surface area (Å²) >= 11 is 0. The number of amides is 1. The molecule has 4 rings (SSSR count). The Morgan fingerprint density at radius 1 is 0.828 bits per heavy atom. The highest BCUT2D eigenvalue weighted by atomic mass is 16.2. The Kier molecular flexibility index (Phi) is 4.89. The monoisotopic (exact) mass is 380 g/mol. The fourth-order valence-corrected chi connectivity index (χ4v) is 3.53. The topological polar surface area (TPSA) is 41.5 Å². The van der Waals surface area contributed by atoms with Crippen molar-refractivity contribution in [2.24, 2.45) is 5.10 Å². The molecule has 0 aliphatic rings. The molecular formula is C26H24N2O. The van der Waals surface area contributed by atoms with Gasteiger partial charge in [0.05, 0.1) is 6.21 Å². The van der Waals surface area contributed by atoms with Gasteiger partial charge in [0.2, 0.25) is 0 Å². The van der Waals surface area contributed by atoms with Gasteiger partial charge < -0.3 is 0 Å². The van der Waals surface area contributed by atoms with E-state index in [0.29, 0.717) is 5.56 Å². The van der Waals surface area contributed by atoms with E-state index in [1.807, 2.05) is 48.5 Å². The predicted molar refractivity (Wildman–Crippen MR) is 122 cm³/mol. The summed E-state index contributed by atoms with van der Waals surface area (Å²) in [6.07, 6.45) is 1.74. The lowest BCUT2D eigenvalue weighted by molar-refractivity contribution is 0.0955. The van der Waals surface area contributed by atoms with Gasteiger partial charge in [0.25, 0.3) is 5.91 Å². The quantitative estimate of drug-likeness (QED) is 0.262. The van der Waals surface area contributed by atoms with Crippen LogP contribution < -0.4 is 5.43 Å². The van der Waals surface area contributed by atoms with Crippen molar-refractivity contribution in [3.8, 4) is 0 Å². The molecule has 3 heteroatoms. The molecule has 0 aromatic heterocycles. The first kappa shape index (κ1) is 18.9. The molecule has 4 aromatic carbocycles. The second-order valence-electron chi connectivity index (χ2n) is 8.26. The van der Waals surface area contributed by atoms with Crippen LogP contribution in [-0.4, -0.2) is 12.1 Å². The number of carbonyl (C=O) groups is 1. The van der Waals surface area contributed by atoms with Crippen LogP contribution in [0.1, 0.15) is 42.3 Å². The second-order valence-corrected chi connectivity index (χ2v) is 8.26. The molecule has 0 atom stereocenters. The summed E-state index contributed by atoms with van der Waals surface area (Å²) in [5.41, 5.74) is 5.52. The van der Waals surface area contributed by atoms with Crippen LogP contribution in [-0.2, 0) is 5.41 Å². The van der Waals surface area contributed by atoms with E-state index >= 15 is 0 Å². The standard InChI is InChI=1S/C26H24N2O/c1-26(2,3)21-14-12-18(13-15-21)25(29)28-27-17-24-22-10-6-4-8-19(22)16-20-9-5-7-11-23(20)24/h4-17H,1-3H3,(H,28,29)/b27-17+.